The summed E-state index contributed by atoms with van der Waals surface area (Å²) in [7, 11) is 0. The van der Waals surface area contributed by atoms with Gasteiger partial charge in [0, 0.05) is 31.4 Å². The molecule has 0 radical (unpaired) electrons. The first-order valence-corrected chi connectivity index (χ1v) is 9.53. The fraction of sp³-hybridized carbons (Fsp3) is 0.684. The summed E-state index contributed by atoms with van der Waals surface area (Å²) in [5.74, 6) is 0.800. The lowest BCUT2D eigenvalue weighted by Gasteiger charge is -2.43. The van der Waals surface area contributed by atoms with Gasteiger partial charge in [-0.3, -0.25) is 9.59 Å². The van der Waals surface area contributed by atoms with Gasteiger partial charge in [-0.15, -0.1) is 0 Å². The van der Waals surface area contributed by atoms with Gasteiger partial charge in [0.2, 0.25) is 11.8 Å². The molecule has 4 rings (SSSR count). The van der Waals surface area contributed by atoms with E-state index in [-0.39, 0.29) is 18.4 Å². The summed E-state index contributed by atoms with van der Waals surface area (Å²) in [4.78, 5) is 31.8. The maximum Gasteiger partial charge on any atom is 0.248 e. The highest BCUT2D eigenvalue weighted by atomic mass is 16.6. The second-order valence-electron chi connectivity index (χ2n) is 7.75. The van der Waals surface area contributed by atoms with Gasteiger partial charge in [-0.2, -0.15) is 0 Å². The van der Waals surface area contributed by atoms with Crippen LogP contribution in [-0.2, 0) is 25.5 Å². The van der Waals surface area contributed by atoms with Crippen LogP contribution in [0.1, 0.15) is 25.0 Å². The number of aryl methyl sites for hydroxylation is 1. The number of rotatable bonds is 5. The van der Waals surface area contributed by atoms with Gasteiger partial charge in [-0.1, -0.05) is 0 Å². The number of H-pyrrole nitrogens is 1. The van der Waals surface area contributed by atoms with E-state index in [0.717, 1.165) is 12.2 Å². The van der Waals surface area contributed by atoms with Crippen LogP contribution in [0.4, 0.5) is 0 Å². The Kier molecular flexibility index (Phi) is 5.00. The van der Waals surface area contributed by atoms with E-state index in [1.54, 1.807) is 0 Å². The van der Waals surface area contributed by atoms with E-state index in [1.165, 1.54) is 12.8 Å². The number of carbonyl (C=O) groups excluding carboxylic acids is 2. The summed E-state index contributed by atoms with van der Waals surface area (Å²) in [6.07, 6.45) is 5.44. The van der Waals surface area contributed by atoms with Crippen LogP contribution in [-0.4, -0.2) is 78.2 Å². The summed E-state index contributed by atoms with van der Waals surface area (Å²) >= 11 is 0. The molecule has 0 bridgehead atoms. The van der Waals surface area contributed by atoms with E-state index in [9.17, 15) is 9.59 Å². The molecule has 3 fully saturated rings. The normalized spacial score (nSPS) is 27.0. The van der Waals surface area contributed by atoms with Crippen LogP contribution in [0.2, 0.25) is 0 Å². The second kappa shape index (κ2) is 7.40. The highest BCUT2D eigenvalue weighted by molar-refractivity contribution is 5.79. The molecule has 1 N–H and O–H groups in total. The number of aromatic nitrogens is 1. The van der Waals surface area contributed by atoms with Gasteiger partial charge >= 0.3 is 0 Å². The van der Waals surface area contributed by atoms with Crippen molar-refractivity contribution in [3.8, 4) is 0 Å². The van der Waals surface area contributed by atoms with Crippen LogP contribution >= 0.6 is 0 Å². The molecule has 1 saturated carbocycles. The Labute approximate surface area is 153 Å². The Balaban J connectivity index is 1.39. The van der Waals surface area contributed by atoms with E-state index in [4.69, 9.17) is 9.47 Å². The zero-order chi connectivity index (χ0) is 18.0. The van der Waals surface area contributed by atoms with Crippen molar-refractivity contribution in [2.75, 3.05) is 46.0 Å². The molecule has 2 amide bonds. The first-order chi connectivity index (χ1) is 12.6. The zero-order valence-electron chi connectivity index (χ0n) is 15.1. The highest BCUT2D eigenvalue weighted by Gasteiger charge is 2.44. The number of amides is 2. The number of carbonyl (C=O) groups is 2. The molecule has 1 unspecified atom stereocenters. The van der Waals surface area contributed by atoms with Gasteiger partial charge in [0.25, 0.3) is 0 Å². The van der Waals surface area contributed by atoms with Crippen molar-refractivity contribution in [1.82, 2.24) is 14.8 Å². The number of hydrogen-bond donors (Lipinski definition) is 1. The van der Waals surface area contributed by atoms with Crippen molar-refractivity contribution in [2.45, 2.75) is 31.3 Å². The molecule has 3 heterocycles. The summed E-state index contributed by atoms with van der Waals surface area (Å²) in [6.45, 7) is 3.42. The smallest absolute Gasteiger partial charge is 0.248 e. The molecule has 1 spiro atoms. The number of hydrogen-bond acceptors (Lipinski definition) is 4. The molecule has 7 heteroatoms. The molecule has 0 aromatic carbocycles. The van der Waals surface area contributed by atoms with E-state index in [2.05, 4.69) is 4.98 Å². The van der Waals surface area contributed by atoms with Crippen molar-refractivity contribution in [2.24, 2.45) is 5.92 Å². The fourth-order valence-electron chi connectivity index (χ4n) is 3.79. The lowest BCUT2D eigenvalue weighted by atomic mass is 10.0. The minimum atomic E-state index is -0.596. The van der Waals surface area contributed by atoms with Crippen molar-refractivity contribution in [3.63, 3.8) is 0 Å². The average Bonchev–Trinajstić information content (AvgIpc) is 3.35. The Morgan fingerprint density at radius 2 is 2.23 bits per heavy atom. The summed E-state index contributed by atoms with van der Waals surface area (Å²) < 4.78 is 11.7. The Bertz CT molecular complexity index is 643. The van der Waals surface area contributed by atoms with Crippen molar-refractivity contribution >= 4 is 11.8 Å². The maximum atomic E-state index is 12.7. The molecule has 1 aromatic heterocycles. The van der Waals surface area contributed by atoms with E-state index >= 15 is 0 Å². The summed E-state index contributed by atoms with van der Waals surface area (Å²) in [5.41, 5.74) is 0.468. The van der Waals surface area contributed by atoms with Crippen molar-refractivity contribution < 1.29 is 19.1 Å². The third kappa shape index (κ3) is 4.10. The van der Waals surface area contributed by atoms with Crippen LogP contribution in [0, 0.1) is 5.92 Å². The zero-order valence-corrected chi connectivity index (χ0v) is 15.1. The van der Waals surface area contributed by atoms with Crippen molar-refractivity contribution in [3.05, 3.63) is 24.0 Å². The molecule has 1 atom stereocenters. The maximum absolute atomic E-state index is 12.7. The molecule has 1 aliphatic carbocycles. The highest BCUT2D eigenvalue weighted by Crippen LogP contribution is 2.32. The molecular formula is C19H27N3O4. The third-order valence-corrected chi connectivity index (χ3v) is 5.48. The Morgan fingerprint density at radius 3 is 3.00 bits per heavy atom. The third-order valence-electron chi connectivity index (χ3n) is 5.48. The molecule has 7 nitrogen and oxygen atoms in total. The molecule has 2 aliphatic heterocycles. The van der Waals surface area contributed by atoms with Gasteiger partial charge in [0.1, 0.15) is 12.2 Å². The largest absolute Gasteiger partial charge is 0.376 e. The first-order valence-electron chi connectivity index (χ1n) is 9.53. The lowest BCUT2D eigenvalue weighted by molar-refractivity contribution is -0.174. The topological polar surface area (TPSA) is 74.9 Å². The van der Waals surface area contributed by atoms with Crippen LogP contribution in [0.5, 0.6) is 0 Å². The van der Waals surface area contributed by atoms with E-state index in [1.807, 2.05) is 28.1 Å². The SMILES string of the molecule is O=C(CCc1ccc[nH]1)N1CCOCC2(C1)CN(CC1CC1)C(=O)CO2. The summed E-state index contributed by atoms with van der Waals surface area (Å²) in [6, 6.07) is 3.93. The van der Waals surface area contributed by atoms with Gasteiger partial charge in [-0.05, 0) is 37.3 Å². The minimum Gasteiger partial charge on any atom is -0.376 e. The first kappa shape index (κ1) is 17.5. The molecule has 142 valence electrons. The van der Waals surface area contributed by atoms with Crippen LogP contribution in [0.15, 0.2) is 18.3 Å². The van der Waals surface area contributed by atoms with Gasteiger partial charge in [0.05, 0.1) is 26.3 Å². The Hall–Kier alpha value is -1.86. The van der Waals surface area contributed by atoms with Crippen LogP contribution in [0.25, 0.3) is 0 Å². The molecule has 2 saturated heterocycles. The number of ether oxygens (including phenoxy) is 2. The average molecular weight is 361 g/mol. The molecule has 1 aromatic rings. The van der Waals surface area contributed by atoms with E-state index in [0.29, 0.717) is 51.6 Å². The molecule has 3 aliphatic rings. The van der Waals surface area contributed by atoms with Crippen LogP contribution < -0.4 is 0 Å². The minimum absolute atomic E-state index is 0.0522. The predicted molar refractivity (Wildman–Crippen MR) is 94.5 cm³/mol. The number of nitrogens with one attached hydrogen (secondary N) is 1. The molecular weight excluding hydrogens is 334 g/mol. The second-order valence-corrected chi connectivity index (χ2v) is 7.75. The molecule has 26 heavy (non-hydrogen) atoms. The van der Waals surface area contributed by atoms with Gasteiger partial charge in [-0.25, -0.2) is 0 Å². The van der Waals surface area contributed by atoms with Gasteiger partial charge in [0.15, 0.2) is 0 Å². The standard InChI is InChI=1S/C19H27N3O4/c23-17(6-5-16-2-1-7-20-16)21-8-9-25-14-19(12-21)13-22(10-15-3-4-15)18(24)11-26-19/h1-2,7,15,20H,3-6,8-14H2. The van der Waals surface area contributed by atoms with Crippen molar-refractivity contribution in [1.29, 1.82) is 0 Å². The quantitative estimate of drug-likeness (QED) is 0.842. The Morgan fingerprint density at radius 1 is 1.35 bits per heavy atom. The summed E-state index contributed by atoms with van der Waals surface area (Å²) in [5, 5.41) is 0. The van der Waals surface area contributed by atoms with E-state index < -0.39 is 5.60 Å². The predicted octanol–water partition coefficient (Wildman–Crippen LogP) is 0.814. The fourth-order valence-corrected chi connectivity index (χ4v) is 3.79. The monoisotopic (exact) mass is 361 g/mol. The number of morpholine rings is 1. The number of nitrogens with zero attached hydrogens (tertiary/aromatic N) is 2. The van der Waals surface area contributed by atoms with Crippen LogP contribution in [0.3, 0.4) is 0 Å². The van der Waals surface area contributed by atoms with Gasteiger partial charge < -0.3 is 24.3 Å². The number of aromatic amines is 1. The lowest BCUT2D eigenvalue weighted by Crippen LogP contribution is -2.61.